The van der Waals surface area contributed by atoms with E-state index in [9.17, 15) is 9.59 Å². The molecule has 0 fully saturated rings. The van der Waals surface area contributed by atoms with Gasteiger partial charge in [0, 0.05) is 26.7 Å². The van der Waals surface area contributed by atoms with Gasteiger partial charge in [0.15, 0.2) is 17.3 Å². The van der Waals surface area contributed by atoms with Crippen molar-refractivity contribution in [2.75, 3.05) is 26.6 Å². The maximum atomic E-state index is 13.4. The molecular weight excluding hydrogens is 512 g/mol. The highest BCUT2D eigenvalue weighted by Gasteiger charge is 2.19. The van der Waals surface area contributed by atoms with Gasteiger partial charge in [-0.05, 0) is 55.5 Å². The van der Waals surface area contributed by atoms with Crippen LogP contribution in [0.4, 0.5) is 5.69 Å². The normalized spacial score (nSPS) is 10.7. The van der Waals surface area contributed by atoms with E-state index in [1.807, 2.05) is 18.2 Å². The number of amides is 1. The number of methoxy groups -OCH3 is 3. The lowest BCUT2D eigenvalue weighted by Gasteiger charge is -2.15. The van der Waals surface area contributed by atoms with Crippen LogP contribution < -0.4 is 19.5 Å². The van der Waals surface area contributed by atoms with Crippen molar-refractivity contribution >= 4 is 44.2 Å². The van der Waals surface area contributed by atoms with Crippen LogP contribution in [0.15, 0.2) is 65.1 Å². The van der Waals surface area contributed by atoms with Crippen LogP contribution in [0.5, 0.6) is 17.2 Å². The second-order valence-electron chi connectivity index (χ2n) is 7.72. The highest BCUT2D eigenvalue weighted by Crippen LogP contribution is 2.41. The van der Waals surface area contributed by atoms with Crippen molar-refractivity contribution in [2.24, 2.45) is 0 Å². The number of ketones is 1. The van der Waals surface area contributed by atoms with Gasteiger partial charge in [-0.3, -0.25) is 9.59 Å². The minimum atomic E-state index is -0.329. The molecule has 0 radical (unpaired) electrons. The molecule has 0 aliphatic heterocycles. The fourth-order valence-electron chi connectivity index (χ4n) is 3.78. The first-order valence-corrected chi connectivity index (χ1v) is 11.5. The van der Waals surface area contributed by atoms with Gasteiger partial charge in [-0.15, -0.1) is 0 Å². The third-order valence-electron chi connectivity index (χ3n) is 5.50. The summed E-state index contributed by atoms with van der Waals surface area (Å²) >= 11 is 3.48. The number of halogens is 1. The maximum absolute atomic E-state index is 13.4. The molecule has 4 aromatic rings. The molecule has 178 valence electrons. The summed E-state index contributed by atoms with van der Waals surface area (Å²) in [5.41, 5.74) is 3.36. The number of carbonyl (C=O) groups excluding carboxylic acids is 2. The molecule has 35 heavy (non-hydrogen) atoms. The Balaban J connectivity index is 1.86. The van der Waals surface area contributed by atoms with Gasteiger partial charge in [0.2, 0.25) is 5.75 Å². The van der Waals surface area contributed by atoms with Crippen LogP contribution in [0.2, 0.25) is 0 Å². The highest BCUT2D eigenvalue weighted by molar-refractivity contribution is 9.10. The Morgan fingerprint density at radius 3 is 2.23 bits per heavy atom. The number of Topliss-reactive ketones (excluding diaryl/α,β-unsaturated/α-hetero) is 1. The quantitative estimate of drug-likeness (QED) is 0.286. The molecular formula is C27H23BrN2O5. The number of aromatic nitrogens is 1. The van der Waals surface area contributed by atoms with Crippen molar-refractivity contribution in [3.8, 4) is 28.5 Å². The molecule has 3 aromatic carbocycles. The molecule has 0 saturated heterocycles. The van der Waals surface area contributed by atoms with E-state index in [4.69, 9.17) is 19.2 Å². The minimum absolute atomic E-state index is 0.0796. The van der Waals surface area contributed by atoms with Crippen molar-refractivity contribution in [3.63, 3.8) is 0 Å². The zero-order valence-corrected chi connectivity index (χ0v) is 21.2. The molecule has 1 aromatic heterocycles. The van der Waals surface area contributed by atoms with E-state index in [1.54, 1.807) is 56.7 Å². The zero-order chi connectivity index (χ0) is 25.1. The summed E-state index contributed by atoms with van der Waals surface area (Å²) in [6, 6.07) is 17.7. The van der Waals surface area contributed by atoms with E-state index in [1.165, 1.54) is 14.0 Å². The van der Waals surface area contributed by atoms with Crippen molar-refractivity contribution in [1.29, 1.82) is 0 Å². The SMILES string of the molecule is COc1cc(-c2cc(C(=O)Nc3cccc(C(C)=O)c3)c3cc(Br)ccc3n2)cc(OC)c1OC. The number of carbonyl (C=O) groups is 2. The summed E-state index contributed by atoms with van der Waals surface area (Å²) in [7, 11) is 4.62. The molecule has 4 rings (SSSR count). The van der Waals surface area contributed by atoms with Crippen molar-refractivity contribution in [2.45, 2.75) is 6.92 Å². The number of hydrogen-bond donors (Lipinski definition) is 1. The van der Waals surface area contributed by atoms with Gasteiger partial charge in [0.05, 0.1) is 38.1 Å². The number of anilines is 1. The van der Waals surface area contributed by atoms with Crippen LogP contribution >= 0.6 is 15.9 Å². The molecule has 7 nitrogen and oxygen atoms in total. The van der Waals surface area contributed by atoms with E-state index in [-0.39, 0.29) is 11.7 Å². The lowest BCUT2D eigenvalue weighted by Crippen LogP contribution is -2.13. The predicted octanol–water partition coefficient (Wildman–Crippen LogP) is 6.15. The molecule has 0 unspecified atom stereocenters. The van der Waals surface area contributed by atoms with Gasteiger partial charge in [0.25, 0.3) is 5.91 Å². The topological polar surface area (TPSA) is 86.8 Å². The molecule has 1 N–H and O–H groups in total. The molecule has 1 amide bonds. The first-order chi connectivity index (χ1) is 16.8. The number of nitrogens with zero attached hydrogens (tertiary/aromatic N) is 1. The lowest BCUT2D eigenvalue weighted by atomic mass is 10.0. The van der Waals surface area contributed by atoms with E-state index in [0.717, 1.165) is 4.47 Å². The van der Waals surface area contributed by atoms with Gasteiger partial charge in [0.1, 0.15) is 0 Å². The smallest absolute Gasteiger partial charge is 0.256 e. The number of nitrogens with one attached hydrogen (secondary N) is 1. The molecule has 1 heterocycles. The monoisotopic (exact) mass is 534 g/mol. The molecule has 0 saturated carbocycles. The summed E-state index contributed by atoms with van der Waals surface area (Å²) in [4.78, 5) is 30.0. The van der Waals surface area contributed by atoms with Crippen molar-refractivity contribution in [1.82, 2.24) is 4.98 Å². The average molecular weight is 535 g/mol. The first kappa shape index (κ1) is 24.2. The molecule has 8 heteroatoms. The Kier molecular flexibility index (Phi) is 7.02. The summed E-state index contributed by atoms with van der Waals surface area (Å²) in [5, 5.41) is 3.58. The predicted molar refractivity (Wildman–Crippen MR) is 139 cm³/mol. The molecule has 0 spiro atoms. The van der Waals surface area contributed by atoms with Crippen LogP contribution in [-0.2, 0) is 0 Å². The Morgan fingerprint density at radius 2 is 1.60 bits per heavy atom. The van der Waals surface area contributed by atoms with E-state index >= 15 is 0 Å². The van der Waals surface area contributed by atoms with E-state index in [2.05, 4.69) is 21.2 Å². The van der Waals surface area contributed by atoms with E-state index in [0.29, 0.717) is 56.2 Å². The van der Waals surface area contributed by atoms with Gasteiger partial charge in [-0.2, -0.15) is 0 Å². The molecule has 0 aliphatic carbocycles. The Hall–Kier alpha value is -3.91. The number of fused-ring (bicyclic) bond motifs is 1. The number of hydrogen-bond acceptors (Lipinski definition) is 6. The summed E-state index contributed by atoms with van der Waals surface area (Å²) in [6.07, 6.45) is 0. The number of benzene rings is 3. The third kappa shape index (κ3) is 4.97. The Labute approximate surface area is 211 Å². The number of pyridine rings is 1. The third-order valence-corrected chi connectivity index (χ3v) is 6.00. The van der Waals surface area contributed by atoms with Gasteiger partial charge in [-0.25, -0.2) is 4.98 Å². The number of ether oxygens (including phenoxy) is 3. The van der Waals surface area contributed by atoms with Crippen molar-refractivity contribution in [3.05, 3.63) is 76.3 Å². The Bertz CT molecular complexity index is 1430. The molecule has 0 bridgehead atoms. The van der Waals surface area contributed by atoms with Gasteiger partial charge < -0.3 is 19.5 Å². The summed E-state index contributed by atoms with van der Waals surface area (Å²) < 4.78 is 17.2. The molecule has 0 atom stereocenters. The largest absolute Gasteiger partial charge is 0.493 e. The Morgan fingerprint density at radius 1 is 0.886 bits per heavy atom. The van der Waals surface area contributed by atoms with Crippen LogP contribution in [0.25, 0.3) is 22.2 Å². The van der Waals surface area contributed by atoms with Crippen LogP contribution in [0.3, 0.4) is 0 Å². The van der Waals surface area contributed by atoms with E-state index < -0.39 is 0 Å². The maximum Gasteiger partial charge on any atom is 0.256 e. The second-order valence-corrected chi connectivity index (χ2v) is 8.64. The van der Waals surface area contributed by atoms with Gasteiger partial charge in [-0.1, -0.05) is 28.1 Å². The first-order valence-electron chi connectivity index (χ1n) is 10.7. The van der Waals surface area contributed by atoms with Crippen LogP contribution in [-0.4, -0.2) is 38.0 Å². The lowest BCUT2D eigenvalue weighted by molar-refractivity contribution is 0.101. The minimum Gasteiger partial charge on any atom is -0.493 e. The highest BCUT2D eigenvalue weighted by atomic mass is 79.9. The average Bonchev–Trinajstić information content (AvgIpc) is 2.87. The summed E-state index contributed by atoms with van der Waals surface area (Å²) in [6.45, 7) is 1.48. The second kappa shape index (κ2) is 10.1. The number of rotatable bonds is 7. The fraction of sp³-hybridized carbons (Fsp3) is 0.148. The standard InChI is InChI=1S/C27H23BrN2O5/c1-15(31)16-6-5-7-19(10-16)29-27(32)21-14-23(30-22-9-8-18(28)13-20(21)22)17-11-24(33-2)26(35-4)25(12-17)34-3/h5-14H,1-4H3,(H,29,32). The zero-order valence-electron chi connectivity index (χ0n) is 19.6. The van der Waals surface area contributed by atoms with Crippen LogP contribution in [0, 0.1) is 0 Å². The van der Waals surface area contributed by atoms with Gasteiger partial charge >= 0.3 is 0 Å². The van der Waals surface area contributed by atoms with Crippen LogP contribution in [0.1, 0.15) is 27.6 Å². The summed E-state index contributed by atoms with van der Waals surface area (Å²) in [5.74, 6) is 1.01. The van der Waals surface area contributed by atoms with Crippen molar-refractivity contribution < 1.29 is 23.8 Å². The molecule has 0 aliphatic rings. The fourth-order valence-corrected chi connectivity index (χ4v) is 4.14.